The van der Waals surface area contributed by atoms with Crippen molar-refractivity contribution >= 4 is 0 Å². The minimum atomic E-state index is -0.0128. The van der Waals surface area contributed by atoms with E-state index < -0.39 is 0 Å². The maximum Gasteiger partial charge on any atom is 0.250 e. The Bertz CT molecular complexity index is 723. The number of nitrogens with zero attached hydrogens (tertiary/aromatic N) is 1. The van der Waals surface area contributed by atoms with Gasteiger partial charge in [0.05, 0.1) is 13.1 Å². The molecule has 2 rings (SSSR count). The van der Waals surface area contributed by atoms with Crippen LogP contribution in [0.2, 0.25) is 0 Å². The van der Waals surface area contributed by atoms with E-state index in [1.165, 1.54) is 0 Å². The summed E-state index contributed by atoms with van der Waals surface area (Å²) in [5.74, 6) is 6.50. The summed E-state index contributed by atoms with van der Waals surface area (Å²) >= 11 is 0. The largest absolute Gasteiger partial charge is 0.492 e. The molecule has 0 aliphatic rings. The first-order valence-electron chi connectivity index (χ1n) is 6.78. The molecule has 108 valence electrons. The van der Waals surface area contributed by atoms with Gasteiger partial charge in [0.25, 0.3) is 5.56 Å². The Labute approximate surface area is 124 Å². The van der Waals surface area contributed by atoms with Gasteiger partial charge in [-0.15, -0.1) is 0 Å². The molecule has 0 amide bonds. The van der Waals surface area contributed by atoms with Crippen LogP contribution in [0, 0.1) is 18.8 Å². The number of rotatable bonds is 4. The molecular formula is C17H18N2O2. The number of aromatic nitrogens is 1. The average Bonchev–Trinajstić information content (AvgIpc) is 2.48. The van der Waals surface area contributed by atoms with E-state index in [1.807, 2.05) is 37.3 Å². The summed E-state index contributed by atoms with van der Waals surface area (Å²) in [7, 11) is 0. The second-order valence-corrected chi connectivity index (χ2v) is 4.62. The molecule has 0 radical (unpaired) electrons. The summed E-state index contributed by atoms with van der Waals surface area (Å²) in [6.07, 6.45) is 1.78. The van der Waals surface area contributed by atoms with E-state index in [2.05, 4.69) is 11.8 Å². The normalized spacial score (nSPS) is 9.81. The van der Waals surface area contributed by atoms with Gasteiger partial charge < -0.3 is 15.0 Å². The molecule has 0 saturated carbocycles. The van der Waals surface area contributed by atoms with Crippen molar-refractivity contribution in [1.82, 2.24) is 4.57 Å². The summed E-state index contributed by atoms with van der Waals surface area (Å²) in [6.45, 7) is 3.17. The van der Waals surface area contributed by atoms with Crippen molar-refractivity contribution < 1.29 is 4.74 Å². The van der Waals surface area contributed by atoms with Gasteiger partial charge in [-0.1, -0.05) is 17.9 Å². The predicted molar refractivity (Wildman–Crippen MR) is 83.3 cm³/mol. The first-order valence-corrected chi connectivity index (χ1v) is 6.78. The smallest absolute Gasteiger partial charge is 0.250 e. The van der Waals surface area contributed by atoms with Crippen molar-refractivity contribution in [2.24, 2.45) is 5.73 Å². The zero-order valence-corrected chi connectivity index (χ0v) is 12.0. The van der Waals surface area contributed by atoms with Crippen molar-refractivity contribution in [3.8, 4) is 17.6 Å². The van der Waals surface area contributed by atoms with Crippen LogP contribution in [0.1, 0.15) is 11.1 Å². The second kappa shape index (κ2) is 7.32. The molecule has 1 aromatic carbocycles. The lowest BCUT2D eigenvalue weighted by molar-refractivity contribution is 0.296. The maximum atomic E-state index is 11.7. The third-order valence-electron chi connectivity index (χ3n) is 2.92. The van der Waals surface area contributed by atoms with Gasteiger partial charge in [0.15, 0.2) is 0 Å². The van der Waals surface area contributed by atoms with Crippen molar-refractivity contribution in [2.45, 2.75) is 13.5 Å². The highest BCUT2D eigenvalue weighted by Crippen LogP contribution is 2.12. The molecule has 0 saturated heterocycles. The molecule has 1 heterocycles. The van der Waals surface area contributed by atoms with Gasteiger partial charge in [-0.25, -0.2) is 0 Å². The lowest BCUT2D eigenvalue weighted by atomic mass is 10.2. The molecule has 4 nitrogen and oxygen atoms in total. The zero-order valence-electron chi connectivity index (χ0n) is 12.0. The third-order valence-corrected chi connectivity index (χ3v) is 2.92. The molecule has 4 heteroatoms. The molecule has 21 heavy (non-hydrogen) atoms. The predicted octanol–water partition coefficient (Wildman–Crippen LogP) is 1.55. The van der Waals surface area contributed by atoms with Gasteiger partial charge in [0.1, 0.15) is 12.4 Å². The van der Waals surface area contributed by atoms with E-state index >= 15 is 0 Å². The van der Waals surface area contributed by atoms with E-state index in [9.17, 15) is 4.79 Å². The Morgan fingerprint density at radius 1 is 1.29 bits per heavy atom. The highest BCUT2D eigenvalue weighted by Gasteiger charge is 1.98. The number of hydrogen-bond donors (Lipinski definition) is 1. The van der Waals surface area contributed by atoms with Crippen LogP contribution in [0.25, 0.3) is 0 Å². The molecule has 1 aromatic heterocycles. The number of aryl methyl sites for hydroxylation is 1. The molecule has 0 aliphatic carbocycles. The number of hydrogen-bond acceptors (Lipinski definition) is 3. The third kappa shape index (κ3) is 4.51. The fourth-order valence-electron chi connectivity index (χ4n) is 1.87. The van der Waals surface area contributed by atoms with Crippen molar-refractivity contribution in [1.29, 1.82) is 0 Å². The summed E-state index contributed by atoms with van der Waals surface area (Å²) in [5, 5.41) is 0. The SMILES string of the molecule is Cc1ccn(CCOc2cccc(C#CCN)c2)c(=O)c1. The van der Waals surface area contributed by atoms with E-state index in [0.717, 1.165) is 16.9 Å². The number of nitrogens with two attached hydrogens (primary N) is 1. The van der Waals surface area contributed by atoms with Crippen LogP contribution in [-0.2, 0) is 6.54 Å². The first kappa shape index (κ1) is 14.9. The van der Waals surface area contributed by atoms with Crippen molar-refractivity contribution in [3.63, 3.8) is 0 Å². The lowest BCUT2D eigenvalue weighted by Gasteiger charge is -2.08. The molecule has 0 spiro atoms. The monoisotopic (exact) mass is 282 g/mol. The molecule has 0 aliphatic heterocycles. The summed E-state index contributed by atoms with van der Waals surface area (Å²) in [5.41, 5.74) is 7.16. The van der Waals surface area contributed by atoms with Crippen molar-refractivity contribution in [3.05, 3.63) is 64.1 Å². The Morgan fingerprint density at radius 2 is 2.14 bits per heavy atom. The molecular weight excluding hydrogens is 264 g/mol. The van der Waals surface area contributed by atoms with Gasteiger partial charge in [-0.2, -0.15) is 0 Å². The molecule has 0 atom stereocenters. The number of pyridine rings is 1. The van der Waals surface area contributed by atoms with E-state index in [4.69, 9.17) is 10.5 Å². The minimum Gasteiger partial charge on any atom is -0.492 e. The average molecular weight is 282 g/mol. The number of benzene rings is 1. The molecule has 0 unspecified atom stereocenters. The molecule has 0 fully saturated rings. The van der Waals surface area contributed by atoms with E-state index in [-0.39, 0.29) is 5.56 Å². The van der Waals surface area contributed by atoms with Crippen LogP contribution >= 0.6 is 0 Å². The number of ether oxygens (including phenoxy) is 1. The van der Waals surface area contributed by atoms with Crippen LogP contribution in [-0.4, -0.2) is 17.7 Å². The topological polar surface area (TPSA) is 57.2 Å². The Morgan fingerprint density at radius 3 is 2.90 bits per heavy atom. The minimum absolute atomic E-state index is 0.0128. The molecule has 0 bridgehead atoms. The van der Waals surface area contributed by atoms with Crippen LogP contribution < -0.4 is 16.0 Å². The van der Waals surface area contributed by atoms with E-state index in [1.54, 1.807) is 16.8 Å². The van der Waals surface area contributed by atoms with Gasteiger partial charge in [-0.3, -0.25) is 4.79 Å². The fourth-order valence-corrected chi connectivity index (χ4v) is 1.87. The first-order chi connectivity index (χ1) is 10.2. The highest BCUT2D eigenvalue weighted by atomic mass is 16.5. The summed E-state index contributed by atoms with van der Waals surface area (Å²) < 4.78 is 7.29. The Hall–Kier alpha value is -2.51. The summed E-state index contributed by atoms with van der Waals surface area (Å²) in [6, 6.07) is 11.0. The lowest BCUT2D eigenvalue weighted by Crippen LogP contribution is -2.21. The van der Waals surface area contributed by atoms with Crippen LogP contribution in [0.4, 0.5) is 0 Å². The maximum absolute atomic E-state index is 11.7. The molecule has 2 N–H and O–H groups in total. The Kier molecular flexibility index (Phi) is 5.19. The van der Waals surface area contributed by atoms with Gasteiger partial charge in [-0.05, 0) is 36.8 Å². The van der Waals surface area contributed by atoms with Gasteiger partial charge >= 0.3 is 0 Å². The van der Waals surface area contributed by atoms with Gasteiger partial charge in [0.2, 0.25) is 0 Å². The summed E-state index contributed by atoms with van der Waals surface area (Å²) in [4.78, 5) is 11.7. The molecule has 2 aromatic rings. The standard InChI is InChI=1S/C17H18N2O2/c1-14-7-9-19(17(20)12-14)10-11-21-16-6-2-4-15(13-16)5-3-8-18/h2,4,6-7,9,12-13H,8,10-11,18H2,1H3. The van der Waals surface area contributed by atoms with Crippen molar-refractivity contribution in [2.75, 3.05) is 13.2 Å². The highest BCUT2D eigenvalue weighted by molar-refractivity contribution is 5.39. The van der Waals surface area contributed by atoms with E-state index in [0.29, 0.717) is 19.7 Å². The quantitative estimate of drug-likeness (QED) is 0.866. The Balaban J connectivity index is 1.95. The van der Waals surface area contributed by atoms with Crippen LogP contribution in [0.5, 0.6) is 5.75 Å². The fraction of sp³-hybridized carbons (Fsp3) is 0.235. The second-order valence-electron chi connectivity index (χ2n) is 4.62. The van der Waals surface area contributed by atoms with Crippen LogP contribution in [0.3, 0.4) is 0 Å². The zero-order chi connectivity index (χ0) is 15.1. The van der Waals surface area contributed by atoms with Crippen LogP contribution in [0.15, 0.2) is 47.4 Å². The van der Waals surface area contributed by atoms with Gasteiger partial charge in [0, 0.05) is 17.8 Å².